The number of benzene rings is 2. The number of aromatic nitrogens is 2. The Morgan fingerprint density at radius 2 is 1.86 bits per heavy atom. The Bertz CT molecular complexity index is 1550. The molecule has 0 N–H and O–H groups in total. The molecule has 37 heavy (non-hydrogen) atoms. The van der Waals surface area contributed by atoms with E-state index in [0.29, 0.717) is 4.80 Å². The standard InChI is InChI=1S/C29H29N5O2S/c1-29(2)23-10-6-7-11-24(23)33(3)27(29)14-16-31-34-25(22-17-21(35-4)12-13-26(22)36-5)19-37-28(34)32-20-9-8-15-30-18-20/h6-19H,1-5H3. The monoisotopic (exact) mass is 511 g/mol. The topological polar surface area (TPSA) is 64.2 Å². The van der Waals surface area contributed by atoms with Crippen LogP contribution in [0.3, 0.4) is 0 Å². The first kappa shape index (κ1) is 24.5. The molecule has 0 aliphatic carbocycles. The van der Waals surface area contributed by atoms with Crippen molar-refractivity contribution in [2.45, 2.75) is 19.3 Å². The summed E-state index contributed by atoms with van der Waals surface area (Å²) in [5.41, 5.74) is 6.00. The van der Waals surface area contributed by atoms with Crippen molar-refractivity contribution >= 4 is 28.9 Å². The predicted octanol–water partition coefficient (Wildman–Crippen LogP) is 6.01. The molecular weight excluding hydrogens is 482 g/mol. The second-order valence-corrected chi connectivity index (χ2v) is 9.96. The highest BCUT2D eigenvalue weighted by molar-refractivity contribution is 7.07. The van der Waals surface area contributed by atoms with Gasteiger partial charge in [-0.15, -0.1) is 11.3 Å². The Labute approximate surface area is 220 Å². The van der Waals surface area contributed by atoms with Gasteiger partial charge in [0.05, 0.1) is 31.8 Å². The van der Waals surface area contributed by atoms with Crippen LogP contribution < -0.4 is 19.2 Å². The fourth-order valence-corrected chi connectivity index (χ4v) is 5.54. The van der Waals surface area contributed by atoms with Crippen LogP contribution in [0, 0.1) is 0 Å². The summed E-state index contributed by atoms with van der Waals surface area (Å²) in [6.07, 6.45) is 7.38. The Morgan fingerprint density at radius 1 is 1.03 bits per heavy atom. The number of likely N-dealkylation sites (N-methyl/N-ethyl adjacent to an activating group) is 1. The Hall–Kier alpha value is -4.17. The number of para-hydroxylation sites is 1. The summed E-state index contributed by atoms with van der Waals surface area (Å²) in [5, 5.41) is 6.91. The van der Waals surface area contributed by atoms with E-state index in [1.54, 1.807) is 26.6 Å². The summed E-state index contributed by atoms with van der Waals surface area (Å²) in [7, 11) is 5.41. The lowest BCUT2D eigenvalue weighted by Crippen LogP contribution is -2.23. The number of fused-ring (bicyclic) bond motifs is 1. The Morgan fingerprint density at radius 3 is 2.59 bits per heavy atom. The molecule has 7 nitrogen and oxygen atoms in total. The molecule has 1 aliphatic heterocycles. The van der Waals surface area contributed by atoms with E-state index in [4.69, 9.17) is 19.6 Å². The Balaban J connectivity index is 1.63. The second-order valence-electron chi connectivity index (χ2n) is 9.12. The van der Waals surface area contributed by atoms with Gasteiger partial charge >= 0.3 is 0 Å². The summed E-state index contributed by atoms with van der Waals surface area (Å²) < 4.78 is 13.0. The number of allylic oxidation sites excluding steroid dienone is 2. The summed E-state index contributed by atoms with van der Waals surface area (Å²) in [5.74, 6) is 1.46. The highest BCUT2D eigenvalue weighted by Crippen LogP contribution is 2.46. The van der Waals surface area contributed by atoms with Crippen molar-refractivity contribution < 1.29 is 9.47 Å². The first-order valence-electron chi connectivity index (χ1n) is 11.9. The number of methoxy groups -OCH3 is 2. The quantitative estimate of drug-likeness (QED) is 0.298. The third-order valence-electron chi connectivity index (χ3n) is 6.59. The smallest absolute Gasteiger partial charge is 0.211 e. The van der Waals surface area contributed by atoms with Gasteiger partial charge in [-0.25, -0.2) is 9.67 Å². The zero-order valence-corrected chi connectivity index (χ0v) is 22.4. The molecule has 0 atom stereocenters. The van der Waals surface area contributed by atoms with Crippen LogP contribution >= 0.6 is 11.3 Å². The third kappa shape index (κ3) is 4.56. The summed E-state index contributed by atoms with van der Waals surface area (Å²) in [6, 6.07) is 18.0. The van der Waals surface area contributed by atoms with Crippen molar-refractivity contribution in [1.82, 2.24) is 9.66 Å². The van der Waals surface area contributed by atoms with E-state index in [-0.39, 0.29) is 5.41 Å². The predicted molar refractivity (Wildman–Crippen MR) is 150 cm³/mol. The van der Waals surface area contributed by atoms with Gasteiger partial charge in [0.15, 0.2) is 0 Å². The number of thiazole rings is 1. The number of rotatable bonds is 6. The lowest BCUT2D eigenvalue weighted by atomic mass is 9.84. The first-order chi connectivity index (χ1) is 17.9. The minimum atomic E-state index is -0.140. The fourth-order valence-electron chi connectivity index (χ4n) is 4.69. The van der Waals surface area contributed by atoms with Crippen LogP contribution in [0.25, 0.3) is 11.3 Å². The molecule has 4 aromatic rings. The number of hydrogen-bond acceptors (Lipinski definition) is 7. The van der Waals surface area contributed by atoms with Gasteiger partial charge in [0.25, 0.3) is 0 Å². The van der Waals surface area contributed by atoms with Crippen molar-refractivity contribution in [1.29, 1.82) is 0 Å². The lowest BCUT2D eigenvalue weighted by Gasteiger charge is -2.23. The van der Waals surface area contributed by atoms with E-state index in [9.17, 15) is 0 Å². The molecule has 1 aliphatic rings. The van der Waals surface area contributed by atoms with Gasteiger partial charge in [-0.05, 0) is 48.0 Å². The van der Waals surface area contributed by atoms with E-state index in [1.807, 2.05) is 46.6 Å². The molecule has 0 bridgehead atoms. The minimum absolute atomic E-state index is 0.140. The van der Waals surface area contributed by atoms with Gasteiger partial charge in [-0.2, -0.15) is 5.10 Å². The number of nitrogens with zero attached hydrogens (tertiary/aromatic N) is 5. The molecule has 2 aromatic carbocycles. The largest absolute Gasteiger partial charge is 0.497 e. The Kier molecular flexibility index (Phi) is 6.67. The van der Waals surface area contributed by atoms with Crippen LogP contribution in [0.1, 0.15) is 19.4 Å². The SMILES string of the molecule is COc1ccc(OC)c(-c2csc(=Nc3cccnc3)n2N=CC=C2N(C)c3ccccc3C2(C)C)c1. The highest BCUT2D eigenvalue weighted by Gasteiger charge is 2.37. The van der Waals surface area contributed by atoms with E-state index < -0.39 is 0 Å². The first-order valence-corrected chi connectivity index (χ1v) is 12.8. The van der Waals surface area contributed by atoms with Crippen LogP contribution in [0.5, 0.6) is 11.5 Å². The van der Waals surface area contributed by atoms with Gasteiger partial charge in [0.1, 0.15) is 11.5 Å². The number of anilines is 1. The molecule has 0 saturated heterocycles. The molecule has 188 valence electrons. The van der Waals surface area contributed by atoms with Crippen molar-refractivity contribution in [3.63, 3.8) is 0 Å². The number of ether oxygens (including phenoxy) is 2. The number of hydrogen-bond donors (Lipinski definition) is 0. The van der Waals surface area contributed by atoms with Gasteiger partial charge in [-0.3, -0.25) is 4.98 Å². The fraction of sp³-hybridized carbons (Fsp3) is 0.207. The molecule has 0 saturated carbocycles. The summed E-state index contributed by atoms with van der Waals surface area (Å²) in [6.45, 7) is 4.48. The average Bonchev–Trinajstić information content (AvgIpc) is 3.40. The van der Waals surface area contributed by atoms with Crippen LogP contribution in [0.2, 0.25) is 0 Å². The molecule has 5 rings (SSSR count). The second kappa shape index (κ2) is 10.1. The molecule has 0 spiro atoms. The van der Waals surface area contributed by atoms with Gasteiger partial charge in [-0.1, -0.05) is 32.0 Å². The van der Waals surface area contributed by atoms with Gasteiger partial charge in [0.2, 0.25) is 4.80 Å². The van der Waals surface area contributed by atoms with Crippen LogP contribution in [0.4, 0.5) is 11.4 Å². The molecular formula is C29H29N5O2S. The lowest BCUT2D eigenvalue weighted by molar-refractivity contribution is 0.404. The van der Waals surface area contributed by atoms with E-state index in [1.165, 1.54) is 28.3 Å². The molecule has 0 unspecified atom stereocenters. The van der Waals surface area contributed by atoms with Crippen LogP contribution in [0.15, 0.2) is 94.2 Å². The molecule has 8 heteroatoms. The van der Waals surface area contributed by atoms with Gasteiger partial charge in [0, 0.05) is 47.2 Å². The molecule has 0 amide bonds. The van der Waals surface area contributed by atoms with Crippen molar-refractivity contribution in [2.75, 3.05) is 26.2 Å². The minimum Gasteiger partial charge on any atom is -0.497 e. The molecule has 2 aromatic heterocycles. The van der Waals surface area contributed by atoms with E-state index in [0.717, 1.165) is 28.4 Å². The van der Waals surface area contributed by atoms with E-state index >= 15 is 0 Å². The highest BCUT2D eigenvalue weighted by atomic mass is 32.1. The average molecular weight is 512 g/mol. The molecule has 0 fully saturated rings. The summed E-state index contributed by atoms with van der Waals surface area (Å²) in [4.78, 5) is 12.0. The maximum atomic E-state index is 5.67. The summed E-state index contributed by atoms with van der Waals surface area (Å²) >= 11 is 1.50. The maximum Gasteiger partial charge on any atom is 0.211 e. The van der Waals surface area contributed by atoms with Gasteiger partial charge < -0.3 is 14.4 Å². The zero-order valence-electron chi connectivity index (χ0n) is 21.5. The van der Waals surface area contributed by atoms with Crippen molar-refractivity contribution in [2.24, 2.45) is 10.1 Å². The third-order valence-corrected chi connectivity index (χ3v) is 7.41. The number of pyridine rings is 1. The van der Waals surface area contributed by atoms with Crippen LogP contribution in [-0.2, 0) is 5.41 Å². The van der Waals surface area contributed by atoms with Crippen molar-refractivity contribution in [3.05, 3.63) is 94.5 Å². The van der Waals surface area contributed by atoms with Crippen molar-refractivity contribution in [3.8, 4) is 22.8 Å². The molecule has 0 radical (unpaired) electrons. The molecule has 3 heterocycles. The zero-order chi connectivity index (χ0) is 26.0. The maximum absolute atomic E-state index is 5.67. The normalized spacial score (nSPS) is 16.0. The van der Waals surface area contributed by atoms with Crippen LogP contribution in [-0.4, -0.2) is 37.1 Å². The van der Waals surface area contributed by atoms with E-state index in [2.05, 4.69) is 61.1 Å².